The molecular weight excluding hydrogens is 385 g/mol. The number of halogens is 3. The predicted molar refractivity (Wildman–Crippen MR) is 104 cm³/mol. The molecule has 0 unspecified atom stereocenters. The van der Waals surface area contributed by atoms with Gasteiger partial charge in [0.05, 0.1) is 0 Å². The molecule has 0 fully saturated rings. The molecule has 0 saturated carbocycles. The minimum absolute atomic E-state index is 0.0286. The van der Waals surface area contributed by atoms with E-state index in [-0.39, 0.29) is 42.0 Å². The number of hydrogen-bond donors (Lipinski definition) is 2. The number of amides is 2. The molecule has 0 heterocycles. The number of ether oxygens (including phenoxy) is 1. The van der Waals surface area contributed by atoms with E-state index in [4.69, 9.17) is 0 Å². The van der Waals surface area contributed by atoms with E-state index >= 15 is 0 Å². The van der Waals surface area contributed by atoms with Gasteiger partial charge in [0.2, 0.25) is 5.91 Å². The molecule has 0 aliphatic carbocycles. The van der Waals surface area contributed by atoms with Crippen molar-refractivity contribution >= 4 is 17.5 Å². The number of nitrogens with one attached hydrogen (secondary N) is 2. The molecule has 0 aliphatic heterocycles. The van der Waals surface area contributed by atoms with Crippen LogP contribution in [0.1, 0.15) is 41.8 Å². The summed E-state index contributed by atoms with van der Waals surface area (Å²) in [6.45, 7) is 5.48. The lowest BCUT2D eigenvalue weighted by molar-refractivity contribution is -0.274. The summed E-state index contributed by atoms with van der Waals surface area (Å²) < 4.78 is 41.5. The van der Waals surface area contributed by atoms with Crippen LogP contribution in [0.3, 0.4) is 0 Å². The van der Waals surface area contributed by atoms with E-state index in [0.29, 0.717) is 11.3 Å². The van der Waals surface area contributed by atoms with E-state index in [2.05, 4.69) is 15.4 Å². The molecule has 8 heteroatoms. The number of alkyl halides is 3. The average molecular weight is 408 g/mol. The van der Waals surface area contributed by atoms with Crippen molar-refractivity contribution in [2.24, 2.45) is 0 Å². The van der Waals surface area contributed by atoms with Gasteiger partial charge in [0, 0.05) is 23.7 Å². The van der Waals surface area contributed by atoms with Crippen molar-refractivity contribution in [3.63, 3.8) is 0 Å². The first kappa shape index (κ1) is 22.3. The highest BCUT2D eigenvalue weighted by Crippen LogP contribution is 2.27. The first-order valence-corrected chi connectivity index (χ1v) is 9.10. The van der Waals surface area contributed by atoms with E-state index in [0.717, 1.165) is 5.56 Å². The molecule has 0 saturated heterocycles. The number of rotatable bonds is 7. The minimum atomic E-state index is -4.80. The van der Waals surface area contributed by atoms with Gasteiger partial charge in [-0.2, -0.15) is 0 Å². The number of carbonyl (C=O) groups excluding carboxylic acids is 2. The standard InChI is InChI=1S/C21H23F3N2O3/c1-13(2)25-20(28)17-12-16(10-8-14(17)3)26-19(27)11-9-15-6-4-5-7-18(15)29-21(22,23)24/h4-8,10,12-13H,9,11H2,1-3H3,(H,25,28)(H,26,27). The van der Waals surface area contributed by atoms with E-state index in [9.17, 15) is 22.8 Å². The monoisotopic (exact) mass is 408 g/mol. The summed E-state index contributed by atoms with van der Waals surface area (Å²) >= 11 is 0. The van der Waals surface area contributed by atoms with Gasteiger partial charge in [-0.15, -0.1) is 13.2 Å². The van der Waals surface area contributed by atoms with Gasteiger partial charge >= 0.3 is 6.36 Å². The number of para-hydroxylation sites is 1. The van der Waals surface area contributed by atoms with E-state index in [1.165, 1.54) is 18.2 Å². The number of benzene rings is 2. The molecule has 0 atom stereocenters. The Morgan fingerprint density at radius 3 is 2.45 bits per heavy atom. The van der Waals surface area contributed by atoms with Crippen LogP contribution in [0.2, 0.25) is 0 Å². The third-order valence-electron chi connectivity index (χ3n) is 4.01. The Morgan fingerprint density at radius 1 is 1.10 bits per heavy atom. The van der Waals surface area contributed by atoms with Crippen LogP contribution >= 0.6 is 0 Å². The third kappa shape index (κ3) is 7.14. The third-order valence-corrected chi connectivity index (χ3v) is 4.01. The Kier molecular flexibility index (Phi) is 7.25. The number of hydrogen-bond acceptors (Lipinski definition) is 3. The van der Waals surface area contributed by atoms with Crippen LogP contribution in [-0.2, 0) is 11.2 Å². The predicted octanol–water partition coefficient (Wildman–Crippen LogP) is 4.60. The highest BCUT2D eigenvalue weighted by Gasteiger charge is 2.31. The fraction of sp³-hybridized carbons (Fsp3) is 0.333. The SMILES string of the molecule is Cc1ccc(NC(=O)CCc2ccccc2OC(F)(F)F)cc1C(=O)NC(C)C. The maximum absolute atomic E-state index is 12.5. The fourth-order valence-corrected chi connectivity index (χ4v) is 2.69. The molecule has 2 rings (SSSR count). The van der Waals surface area contributed by atoms with Crippen molar-refractivity contribution < 1.29 is 27.5 Å². The van der Waals surface area contributed by atoms with Gasteiger partial charge in [0.15, 0.2) is 0 Å². The van der Waals surface area contributed by atoms with Crippen molar-refractivity contribution in [1.29, 1.82) is 0 Å². The van der Waals surface area contributed by atoms with Gasteiger partial charge in [0.25, 0.3) is 5.91 Å². The van der Waals surface area contributed by atoms with Crippen molar-refractivity contribution in [3.8, 4) is 5.75 Å². The highest BCUT2D eigenvalue weighted by atomic mass is 19.4. The lowest BCUT2D eigenvalue weighted by Gasteiger charge is -2.14. The average Bonchev–Trinajstić information content (AvgIpc) is 2.60. The molecule has 2 N–H and O–H groups in total. The second kappa shape index (κ2) is 9.45. The van der Waals surface area contributed by atoms with Gasteiger partial charge in [-0.1, -0.05) is 24.3 Å². The fourth-order valence-electron chi connectivity index (χ4n) is 2.69. The first-order valence-electron chi connectivity index (χ1n) is 9.10. The van der Waals surface area contributed by atoms with Crippen LogP contribution in [0.25, 0.3) is 0 Å². The zero-order valence-electron chi connectivity index (χ0n) is 16.4. The summed E-state index contributed by atoms with van der Waals surface area (Å²) in [5, 5.41) is 5.47. The molecule has 0 radical (unpaired) electrons. The van der Waals surface area contributed by atoms with Crippen LogP contribution in [0.15, 0.2) is 42.5 Å². The second-order valence-corrected chi connectivity index (χ2v) is 6.86. The molecule has 2 aromatic carbocycles. The maximum atomic E-state index is 12.5. The van der Waals surface area contributed by atoms with Gasteiger partial charge < -0.3 is 15.4 Å². The van der Waals surface area contributed by atoms with Crippen LogP contribution in [0.5, 0.6) is 5.75 Å². The summed E-state index contributed by atoms with van der Waals surface area (Å²) in [6.07, 6.45) is -4.77. The summed E-state index contributed by atoms with van der Waals surface area (Å²) in [5.41, 5.74) is 1.93. The van der Waals surface area contributed by atoms with E-state index in [1.54, 1.807) is 31.2 Å². The summed E-state index contributed by atoms with van der Waals surface area (Å²) in [7, 11) is 0. The van der Waals surface area contributed by atoms with Crippen LogP contribution in [0.4, 0.5) is 18.9 Å². The number of aryl methyl sites for hydroxylation is 2. The first-order chi connectivity index (χ1) is 13.5. The summed E-state index contributed by atoms with van der Waals surface area (Å²) in [5.74, 6) is -0.950. The van der Waals surface area contributed by atoms with Crippen molar-refractivity contribution in [2.75, 3.05) is 5.32 Å². The molecule has 156 valence electrons. The molecular formula is C21H23F3N2O3. The largest absolute Gasteiger partial charge is 0.573 e. The van der Waals surface area contributed by atoms with Crippen LogP contribution in [0, 0.1) is 6.92 Å². The molecule has 0 aliphatic rings. The highest BCUT2D eigenvalue weighted by molar-refractivity contribution is 5.98. The summed E-state index contributed by atoms with van der Waals surface area (Å²) in [6, 6.07) is 10.6. The molecule has 0 spiro atoms. The second-order valence-electron chi connectivity index (χ2n) is 6.86. The molecule has 2 amide bonds. The van der Waals surface area contributed by atoms with Gasteiger partial charge in [-0.3, -0.25) is 9.59 Å². The Labute approximate surface area is 167 Å². The molecule has 0 bridgehead atoms. The smallest absolute Gasteiger partial charge is 0.406 e. The normalized spacial score (nSPS) is 11.3. The Morgan fingerprint density at radius 2 is 1.79 bits per heavy atom. The molecule has 5 nitrogen and oxygen atoms in total. The van der Waals surface area contributed by atoms with E-state index in [1.807, 2.05) is 13.8 Å². The van der Waals surface area contributed by atoms with E-state index < -0.39 is 6.36 Å². The topological polar surface area (TPSA) is 67.4 Å². The molecule has 29 heavy (non-hydrogen) atoms. The number of carbonyl (C=O) groups is 2. The summed E-state index contributed by atoms with van der Waals surface area (Å²) in [4.78, 5) is 24.5. The van der Waals surface area contributed by atoms with Crippen LogP contribution < -0.4 is 15.4 Å². The molecule has 0 aromatic heterocycles. The lowest BCUT2D eigenvalue weighted by Crippen LogP contribution is -2.30. The van der Waals surface area contributed by atoms with Crippen molar-refractivity contribution in [3.05, 3.63) is 59.2 Å². The molecule has 2 aromatic rings. The zero-order chi connectivity index (χ0) is 21.6. The van der Waals surface area contributed by atoms with Crippen LogP contribution in [-0.4, -0.2) is 24.2 Å². The van der Waals surface area contributed by atoms with Gasteiger partial charge in [0.1, 0.15) is 5.75 Å². The Bertz CT molecular complexity index is 880. The Hall–Kier alpha value is -3.03. The maximum Gasteiger partial charge on any atom is 0.573 e. The van der Waals surface area contributed by atoms with Crippen molar-refractivity contribution in [2.45, 2.75) is 46.0 Å². The zero-order valence-corrected chi connectivity index (χ0v) is 16.4. The van der Waals surface area contributed by atoms with Gasteiger partial charge in [-0.25, -0.2) is 0 Å². The quantitative estimate of drug-likeness (QED) is 0.704. The van der Waals surface area contributed by atoms with Crippen molar-refractivity contribution in [1.82, 2.24) is 5.32 Å². The van der Waals surface area contributed by atoms with Gasteiger partial charge in [-0.05, 0) is 56.5 Å². The minimum Gasteiger partial charge on any atom is -0.406 e. The Balaban J connectivity index is 2.03. The number of anilines is 1. The lowest BCUT2D eigenvalue weighted by atomic mass is 10.1.